The molecule has 150 valence electrons. The molecule has 1 fully saturated rings. The number of nitrogens with zero attached hydrogens (tertiary/aromatic N) is 3. The topological polar surface area (TPSA) is 77.7 Å². The van der Waals surface area contributed by atoms with Gasteiger partial charge >= 0.3 is 0 Å². The van der Waals surface area contributed by atoms with Crippen molar-refractivity contribution in [2.75, 3.05) is 20.8 Å². The van der Waals surface area contributed by atoms with Gasteiger partial charge in [-0.3, -0.25) is 4.79 Å². The number of amides is 1. The van der Waals surface area contributed by atoms with Crippen molar-refractivity contribution in [3.05, 3.63) is 60.0 Å². The standard InChI is InChI=1S/C22H23N3O4/c1-27-17-11-9-15(10-12-17)21-23-22(29-24-21)18-7-5-13-25(18)20(26)14-16-6-3-4-8-19(16)28-2/h3-4,6,8-12,18H,5,7,13-14H2,1-2H3. The van der Waals surface area contributed by atoms with E-state index in [0.29, 0.717) is 18.3 Å². The molecule has 1 aromatic heterocycles. The summed E-state index contributed by atoms with van der Waals surface area (Å²) in [5.74, 6) is 2.49. The first-order valence-corrected chi connectivity index (χ1v) is 9.59. The normalized spacial score (nSPS) is 16.1. The number of rotatable bonds is 6. The van der Waals surface area contributed by atoms with E-state index in [-0.39, 0.29) is 18.4 Å². The van der Waals surface area contributed by atoms with Gasteiger partial charge in [0.2, 0.25) is 17.6 Å². The molecule has 7 nitrogen and oxygen atoms in total. The Labute approximate surface area is 169 Å². The van der Waals surface area contributed by atoms with E-state index in [4.69, 9.17) is 14.0 Å². The van der Waals surface area contributed by atoms with Crippen LogP contribution in [0.5, 0.6) is 11.5 Å². The minimum Gasteiger partial charge on any atom is -0.497 e. The summed E-state index contributed by atoms with van der Waals surface area (Å²) in [6, 6.07) is 14.8. The first kappa shape index (κ1) is 19.0. The number of hydrogen-bond donors (Lipinski definition) is 0. The van der Waals surface area contributed by atoms with Gasteiger partial charge in [0.15, 0.2) is 0 Å². The number of aromatic nitrogens is 2. The lowest BCUT2D eigenvalue weighted by Gasteiger charge is -2.22. The third-order valence-electron chi connectivity index (χ3n) is 5.18. The van der Waals surface area contributed by atoms with Gasteiger partial charge in [-0.25, -0.2) is 0 Å². The maximum Gasteiger partial charge on any atom is 0.249 e. The van der Waals surface area contributed by atoms with E-state index < -0.39 is 0 Å². The fraction of sp³-hybridized carbons (Fsp3) is 0.318. The molecule has 3 aromatic rings. The first-order chi connectivity index (χ1) is 14.2. The molecule has 1 aliphatic heterocycles. The molecular formula is C22H23N3O4. The van der Waals surface area contributed by atoms with E-state index in [0.717, 1.165) is 35.5 Å². The quantitative estimate of drug-likeness (QED) is 0.636. The second-order valence-electron chi connectivity index (χ2n) is 6.92. The number of hydrogen-bond acceptors (Lipinski definition) is 6. The van der Waals surface area contributed by atoms with Gasteiger partial charge < -0.3 is 18.9 Å². The largest absolute Gasteiger partial charge is 0.497 e. The molecule has 0 radical (unpaired) electrons. The number of benzene rings is 2. The van der Waals surface area contributed by atoms with E-state index in [9.17, 15) is 4.79 Å². The summed E-state index contributed by atoms with van der Waals surface area (Å²) in [6.45, 7) is 0.679. The number of carbonyl (C=O) groups excluding carboxylic acids is 1. The summed E-state index contributed by atoms with van der Waals surface area (Å²) in [7, 11) is 3.24. The van der Waals surface area contributed by atoms with Crippen LogP contribution in [-0.2, 0) is 11.2 Å². The van der Waals surface area contributed by atoms with Crippen molar-refractivity contribution in [3.8, 4) is 22.9 Å². The van der Waals surface area contributed by atoms with Gasteiger partial charge in [0.1, 0.15) is 17.5 Å². The Bertz CT molecular complexity index is 984. The zero-order chi connectivity index (χ0) is 20.2. The van der Waals surface area contributed by atoms with Crippen molar-refractivity contribution in [2.24, 2.45) is 0 Å². The monoisotopic (exact) mass is 393 g/mol. The van der Waals surface area contributed by atoms with E-state index in [1.807, 2.05) is 53.4 Å². The highest BCUT2D eigenvalue weighted by Crippen LogP contribution is 2.33. The summed E-state index contributed by atoms with van der Waals surface area (Å²) in [6.07, 6.45) is 1.99. The van der Waals surface area contributed by atoms with Crippen LogP contribution in [0.2, 0.25) is 0 Å². The van der Waals surface area contributed by atoms with Crippen LogP contribution in [-0.4, -0.2) is 41.7 Å². The van der Waals surface area contributed by atoms with Crippen molar-refractivity contribution in [3.63, 3.8) is 0 Å². The Balaban J connectivity index is 1.51. The van der Waals surface area contributed by atoms with Crippen LogP contribution in [0.1, 0.15) is 30.3 Å². The number of para-hydroxylation sites is 1. The maximum absolute atomic E-state index is 13.0. The number of ether oxygens (including phenoxy) is 2. The fourth-order valence-electron chi connectivity index (χ4n) is 3.66. The van der Waals surface area contributed by atoms with Crippen LogP contribution in [0.3, 0.4) is 0 Å². The van der Waals surface area contributed by atoms with Crippen molar-refractivity contribution in [1.82, 2.24) is 15.0 Å². The molecule has 2 aromatic carbocycles. The molecule has 1 saturated heterocycles. The molecule has 1 amide bonds. The highest BCUT2D eigenvalue weighted by Gasteiger charge is 2.34. The van der Waals surface area contributed by atoms with E-state index in [1.54, 1.807) is 14.2 Å². The average molecular weight is 393 g/mol. The van der Waals surface area contributed by atoms with Crippen LogP contribution in [0.15, 0.2) is 53.1 Å². The molecule has 0 saturated carbocycles. The molecule has 1 aliphatic rings. The first-order valence-electron chi connectivity index (χ1n) is 9.59. The smallest absolute Gasteiger partial charge is 0.249 e. The Morgan fingerprint density at radius 2 is 1.93 bits per heavy atom. The summed E-state index contributed by atoms with van der Waals surface area (Å²) in [5, 5.41) is 4.11. The molecule has 0 aliphatic carbocycles. The van der Waals surface area contributed by atoms with Gasteiger partial charge in [-0.05, 0) is 43.2 Å². The second-order valence-corrected chi connectivity index (χ2v) is 6.92. The summed E-state index contributed by atoms with van der Waals surface area (Å²) in [5.41, 5.74) is 1.71. The molecular weight excluding hydrogens is 370 g/mol. The molecule has 0 spiro atoms. The van der Waals surface area contributed by atoms with Gasteiger partial charge in [0, 0.05) is 17.7 Å². The Hall–Kier alpha value is -3.35. The zero-order valence-corrected chi connectivity index (χ0v) is 16.5. The second kappa shape index (κ2) is 8.34. The summed E-state index contributed by atoms with van der Waals surface area (Å²) >= 11 is 0. The van der Waals surface area contributed by atoms with Crippen molar-refractivity contribution in [2.45, 2.75) is 25.3 Å². The Morgan fingerprint density at radius 1 is 1.14 bits per heavy atom. The van der Waals surface area contributed by atoms with E-state index >= 15 is 0 Å². The molecule has 0 N–H and O–H groups in total. The lowest BCUT2D eigenvalue weighted by molar-refractivity contribution is -0.131. The molecule has 1 unspecified atom stereocenters. The fourth-order valence-corrected chi connectivity index (χ4v) is 3.66. The highest BCUT2D eigenvalue weighted by atomic mass is 16.5. The van der Waals surface area contributed by atoms with Gasteiger partial charge in [0.25, 0.3) is 0 Å². The lowest BCUT2D eigenvalue weighted by Crippen LogP contribution is -2.32. The van der Waals surface area contributed by atoms with Gasteiger partial charge in [-0.15, -0.1) is 0 Å². The van der Waals surface area contributed by atoms with Crippen molar-refractivity contribution >= 4 is 5.91 Å². The molecule has 2 heterocycles. The molecule has 29 heavy (non-hydrogen) atoms. The molecule has 0 bridgehead atoms. The molecule has 1 atom stereocenters. The predicted octanol–water partition coefficient (Wildman–Crippen LogP) is 3.66. The average Bonchev–Trinajstić information content (AvgIpc) is 3.44. The Morgan fingerprint density at radius 3 is 2.69 bits per heavy atom. The van der Waals surface area contributed by atoms with Crippen LogP contribution in [0, 0.1) is 0 Å². The van der Waals surface area contributed by atoms with E-state index in [1.165, 1.54) is 0 Å². The SMILES string of the molecule is COc1ccc(-c2noc(C3CCCN3C(=O)Cc3ccccc3OC)n2)cc1. The van der Waals surface area contributed by atoms with Gasteiger partial charge in [-0.1, -0.05) is 23.4 Å². The zero-order valence-electron chi connectivity index (χ0n) is 16.5. The van der Waals surface area contributed by atoms with Crippen LogP contribution in [0.25, 0.3) is 11.4 Å². The molecule has 7 heteroatoms. The number of methoxy groups -OCH3 is 2. The Kier molecular flexibility index (Phi) is 5.46. The molecule has 4 rings (SSSR count). The number of likely N-dealkylation sites (tertiary alicyclic amines) is 1. The maximum atomic E-state index is 13.0. The minimum atomic E-state index is -0.197. The minimum absolute atomic E-state index is 0.0289. The predicted molar refractivity (Wildman–Crippen MR) is 107 cm³/mol. The van der Waals surface area contributed by atoms with Crippen LogP contribution in [0.4, 0.5) is 0 Å². The highest BCUT2D eigenvalue weighted by molar-refractivity contribution is 5.80. The number of carbonyl (C=O) groups is 1. The third kappa shape index (κ3) is 3.94. The van der Waals surface area contributed by atoms with E-state index in [2.05, 4.69) is 10.1 Å². The van der Waals surface area contributed by atoms with Gasteiger partial charge in [0.05, 0.1) is 20.6 Å². The van der Waals surface area contributed by atoms with Crippen LogP contribution >= 0.6 is 0 Å². The van der Waals surface area contributed by atoms with Gasteiger partial charge in [-0.2, -0.15) is 4.98 Å². The third-order valence-corrected chi connectivity index (χ3v) is 5.18. The summed E-state index contributed by atoms with van der Waals surface area (Å²) in [4.78, 5) is 19.4. The summed E-state index contributed by atoms with van der Waals surface area (Å²) < 4.78 is 16.1. The van der Waals surface area contributed by atoms with Crippen molar-refractivity contribution in [1.29, 1.82) is 0 Å². The van der Waals surface area contributed by atoms with Crippen molar-refractivity contribution < 1.29 is 18.8 Å². The lowest BCUT2D eigenvalue weighted by atomic mass is 10.1. The van der Waals surface area contributed by atoms with Crippen LogP contribution < -0.4 is 9.47 Å².